The number of Topliss-reactive ketones (excluding diaryl/α,β-unsaturated/α-hetero) is 1. The Morgan fingerprint density at radius 1 is 0.970 bits per heavy atom. The first kappa shape index (κ1) is 22.6. The highest BCUT2D eigenvalue weighted by molar-refractivity contribution is 6.10. The van der Waals surface area contributed by atoms with Crippen LogP contribution in [0, 0.1) is 13.8 Å². The van der Waals surface area contributed by atoms with E-state index in [4.69, 9.17) is 9.47 Å². The van der Waals surface area contributed by atoms with Crippen LogP contribution in [0.3, 0.4) is 0 Å². The van der Waals surface area contributed by atoms with Crippen LogP contribution in [0.4, 0.5) is 5.69 Å². The SMILES string of the molecule is COc1ccc(C(=O)C[C@]2(O)C(=O)N(Cc3cc(C)ccc3C)c3ccccc32)cc1OC. The van der Waals surface area contributed by atoms with Gasteiger partial charge >= 0.3 is 0 Å². The minimum Gasteiger partial charge on any atom is -0.493 e. The third-order valence-corrected chi connectivity index (χ3v) is 6.19. The molecule has 0 unspecified atom stereocenters. The van der Waals surface area contributed by atoms with Gasteiger partial charge in [-0.2, -0.15) is 0 Å². The van der Waals surface area contributed by atoms with Gasteiger partial charge in [-0.1, -0.05) is 42.0 Å². The summed E-state index contributed by atoms with van der Waals surface area (Å²) >= 11 is 0. The largest absolute Gasteiger partial charge is 0.493 e. The van der Waals surface area contributed by atoms with Gasteiger partial charge in [-0.3, -0.25) is 9.59 Å². The molecule has 4 rings (SSSR count). The summed E-state index contributed by atoms with van der Waals surface area (Å²) in [4.78, 5) is 28.3. The number of anilines is 1. The van der Waals surface area contributed by atoms with E-state index < -0.39 is 11.5 Å². The van der Waals surface area contributed by atoms with Crippen LogP contribution in [0.2, 0.25) is 0 Å². The molecular formula is C27H27NO5. The van der Waals surface area contributed by atoms with Crippen molar-refractivity contribution in [3.05, 3.63) is 88.5 Å². The normalized spacial score (nSPS) is 17.1. The number of para-hydroxylation sites is 1. The van der Waals surface area contributed by atoms with E-state index in [1.807, 2.05) is 38.1 Å². The highest BCUT2D eigenvalue weighted by Crippen LogP contribution is 2.44. The number of aliphatic hydroxyl groups is 1. The van der Waals surface area contributed by atoms with Crippen LogP contribution < -0.4 is 14.4 Å². The van der Waals surface area contributed by atoms with E-state index in [-0.39, 0.29) is 12.2 Å². The molecule has 3 aromatic carbocycles. The van der Waals surface area contributed by atoms with Crippen molar-refractivity contribution in [3.63, 3.8) is 0 Å². The van der Waals surface area contributed by atoms with Gasteiger partial charge in [0.1, 0.15) is 0 Å². The number of hydrogen-bond acceptors (Lipinski definition) is 5. The Bertz CT molecular complexity index is 1230. The van der Waals surface area contributed by atoms with Crippen molar-refractivity contribution in [2.75, 3.05) is 19.1 Å². The van der Waals surface area contributed by atoms with Gasteiger partial charge < -0.3 is 19.5 Å². The maximum Gasteiger partial charge on any atom is 0.264 e. The molecule has 0 aromatic heterocycles. The predicted molar refractivity (Wildman–Crippen MR) is 126 cm³/mol. The molecule has 1 atom stereocenters. The van der Waals surface area contributed by atoms with Gasteiger partial charge in [0.05, 0.1) is 32.9 Å². The number of amides is 1. The van der Waals surface area contributed by atoms with E-state index in [2.05, 4.69) is 0 Å². The molecule has 0 aliphatic carbocycles. The van der Waals surface area contributed by atoms with Crippen LogP contribution in [0.1, 0.15) is 39.0 Å². The summed E-state index contributed by atoms with van der Waals surface area (Å²) < 4.78 is 10.5. The van der Waals surface area contributed by atoms with Crippen LogP contribution in [-0.4, -0.2) is 31.0 Å². The molecular weight excluding hydrogens is 418 g/mol. The summed E-state index contributed by atoms with van der Waals surface area (Å²) in [5.74, 6) is 0.0356. The van der Waals surface area contributed by atoms with Crippen LogP contribution in [-0.2, 0) is 16.9 Å². The van der Waals surface area contributed by atoms with Gasteiger partial charge in [0.15, 0.2) is 22.9 Å². The van der Waals surface area contributed by atoms with E-state index in [1.54, 1.807) is 41.3 Å². The number of fused-ring (bicyclic) bond motifs is 1. The van der Waals surface area contributed by atoms with Crippen molar-refractivity contribution in [2.45, 2.75) is 32.4 Å². The lowest BCUT2D eigenvalue weighted by molar-refractivity contribution is -0.136. The molecule has 6 heteroatoms. The Morgan fingerprint density at radius 2 is 1.70 bits per heavy atom. The minimum atomic E-state index is -1.95. The van der Waals surface area contributed by atoms with Crippen molar-refractivity contribution in [1.29, 1.82) is 0 Å². The lowest BCUT2D eigenvalue weighted by Crippen LogP contribution is -2.41. The topological polar surface area (TPSA) is 76.1 Å². The number of ether oxygens (including phenoxy) is 2. The standard InChI is InChI=1S/C27H27NO5/c1-17-9-10-18(2)20(13-17)16-28-22-8-6-5-7-21(22)27(31,26(28)30)15-23(29)19-11-12-24(32-3)25(14-19)33-4/h5-14,31H,15-16H2,1-4H3/t27-/m1/s1. The number of hydrogen-bond donors (Lipinski definition) is 1. The van der Waals surface area contributed by atoms with E-state index >= 15 is 0 Å². The molecule has 33 heavy (non-hydrogen) atoms. The molecule has 1 heterocycles. The molecule has 1 aliphatic heterocycles. The lowest BCUT2D eigenvalue weighted by atomic mass is 9.88. The maximum absolute atomic E-state index is 13.6. The zero-order valence-corrected chi connectivity index (χ0v) is 19.2. The van der Waals surface area contributed by atoms with E-state index in [0.29, 0.717) is 34.9 Å². The van der Waals surface area contributed by atoms with Crippen LogP contribution in [0.5, 0.6) is 11.5 Å². The van der Waals surface area contributed by atoms with Gasteiger partial charge in [-0.15, -0.1) is 0 Å². The Balaban J connectivity index is 1.68. The Morgan fingerprint density at radius 3 is 2.42 bits per heavy atom. The number of benzene rings is 3. The molecule has 1 N–H and O–H groups in total. The smallest absolute Gasteiger partial charge is 0.264 e. The summed E-state index contributed by atoms with van der Waals surface area (Å²) in [6, 6.07) is 18.0. The Labute approximate surface area is 193 Å². The van der Waals surface area contributed by atoms with Gasteiger partial charge in [0.2, 0.25) is 0 Å². The predicted octanol–water partition coefficient (Wildman–Crippen LogP) is 4.33. The summed E-state index contributed by atoms with van der Waals surface area (Å²) in [5.41, 5.74) is 2.59. The van der Waals surface area contributed by atoms with Crippen molar-refractivity contribution >= 4 is 17.4 Å². The first-order chi connectivity index (χ1) is 15.8. The van der Waals surface area contributed by atoms with Gasteiger partial charge in [0, 0.05) is 11.1 Å². The van der Waals surface area contributed by atoms with Crippen molar-refractivity contribution in [3.8, 4) is 11.5 Å². The monoisotopic (exact) mass is 445 g/mol. The molecule has 170 valence electrons. The van der Waals surface area contributed by atoms with Crippen LogP contribution >= 0.6 is 0 Å². The average molecular weight is 446 g/mol. The minimum absolute atomic E-state index is 0.316. The molecule has 6 nitrogen and oxygen atoms in total. The van der Waals surface area contributed by atoms with Gasteiger partial charge in [0.25, 0.3) is 5.91 Å². The second-order valence-electron chi connectivity index (χ2n) is 8.37. The van der Waals surface area contributed by atoms with E-state index in [9.17, 15) is 14.7 Å². The number of ketones is 1. The molecule has 0 fully saturated rings. The Hall–Kier alpha value is -3.64. The summed E-state index contributed by atoms with van der Waals surface area (Å²) in [7, 11) is 3.00. The number of carbonyl (C=O) groups is 2. The fraction of sp³-hybridized carbons (Fsp3) is 0.259. The highest BCUT2D eigenvalue weighted by atomic mass is 16.5. The molecule has 3 aromatic rings. The molecule has 1 aliphatic rings. The van der Waals surface area contributed by atoms with Crippen molar-refractivity contribution in [2.24, 2.45) is 0 Å². The molecule has 0 bridgehead atoms. The zero-order valence-electron chi connectivity index (χ0n) is 19.2. The third-order valence-electron chi connectivity index (χ3n) is 6.19. The fourth-order valence-corrected chi connectivity index (χ4v) is 4.32. The van der Waals surface area contributed by atoms with E-state index in [0.717, 1.165) is 16.7 Å². The quantitative estimate of drug-likeness (QED) is 0.548. The molecule has 0 saturated heterocycles. The Kier molecular flexibility index (Phi) is 5.95. The molecule has 0 spiro atoms. The number of methoxy groups -OCH3 is 2. The summed E-state index contributed by atoms with van der Waals surface area (Å²) in [5, 5.41) is 11.6. The van der Waals surface area contributed by atoms with Crippen molar-refractivity contribution < 1.29 is 24.2 Å². The van der Waals surface area contributed by atoms with Crippen molar-refractivity contribution in [1.82, 2.24) is 0 Å². The number of nitrogens with zero attached hydrogens (tertiary/aromatic N) is 1. The van der Waals surface area contributed by atoms with Gasteiger partial charge in [-0.05, 0) is 49.2 Å². The first-order valence-corrected chi connectivity index (χ1v) is 10.7. The third kappa shape index (κ3) is 3.98. The van der Waals surface area contributed by atoms with Crippen LogP contribution in [0.15, 0.2) is 60.7 Å². The average Bonchev–Trinajstić information content (AvgIpc) is 3.02. The van der Waals surface area contributed by atoms with Crippen LogP contribution in [0.25, 0.3) is 0 Å². The highest BCUT2D eigenvalue weighted by Gasteiger charge is 2.50. The summed E-state index contributed by atoms with van der Waals surface area (Å²) in [6.07, 6.45) is -0.373. The maximum atomic E-state index is 13.6. The van der Waals surface area contributed by atoms with Gasteiger partial charge in [-0.25, -0.2) is 0 Å². The first-order valence-electron chi connectivity index (χ1n) is 10.7. The second kappa shape index (κ2) is 8.71. The summed E-state index contributed by atoms with van der Waals surface area (Å²) in [6.45, 7) is 4.31. The molecule has 1 amide bonds. The van der Waals surface area contributed by atoms with E-state index in [1.165, 1.54) is 14.2 Å². The number of carbonyl (C=O) groups excluding carboxylic acids is 2. The fourth-order valence-electron chi connectivity index (χ4n) is 4.32. The lowest BCUT2D eigenvalue weighted by Gasteiger charge is -2.23. The molecule has 0 radical (unpaired) electrons. The second-order valence-corrected chi connectivity index (χ2v) is 8.37. The number of rotatable bonds is 7. The number of aryl methyl sites for hydroxylation is 2. The zero-order chi connectivity index (χ0) is 23.8. The molecule has 0 saturated carbocycles.